The van der Waals surface area contributed by atoms with Crippen LogP contribution < -0.4 is 5.73 Å². The number of rotatable bonds is 4. The van der Waals surface area contributed by atoms with Gasteiger partial charge in [0, 0.05) is 7.05 Å². The summed E-state index contributed by atoms with van der Waals surface area (Å²) in [6.45, 7) is 4.08. The van der Waals surface area contributed by atoms with Crippen molar-refractivity contribution in [1.29, 1.82) is 0 Å². The Labute approximate surface area is 88.9 Å². The summed E-state index contributed by atoms with van der Waals surface area (Å²) in [7, 11) is 1.70. The van der Waals surface area contributed by atoms with E-state index in [2.05, 4.69) is 15.2 Å². The molecule has 0 aliphatic heterocycles. The maximum Gasteiger partial charge on any atom is 0.239 e. The summed E-state index contributed by atoms with van der Waals surface area (Å²) in [5.41, 5.74) is 5.64. The van der Waals surface area contributed by atoms with Gasteiger partial charge in [-0.25, -0.2) is 4.98 Å². The Kier molecular flexibility index (Phi) is 3.79. The van der Waals surface area contributed by atoms with E-state index in [1.54, 1.807) is 7.05 Å². The number of hydrogen-bond acceptors (Lipinski definition) is 4. The standard InChI is InChI=1S/C9H17N5O/c1-4-7(10)9(15)14(3)5-8-11-6(2)12-13-8/h7H,4-5,10H2,1-3H3,(H,11,12,13)/t7-/m1/s1. The minimum Gasteiger partial charge on any atom is -0.337 e. The van der Waals surface area contributed by atoms with E-state index in [4.69, 9.17) is 5.73 Å². The number of nitrogens with zero attached hydrogens (tertiary/aromatic N) is 3. The minimum atomic E-state index is -0.435. The number of carbonyl (C=O) groups excluding carboxylic acids is 1. The van der Waals surface area contributed by atoms with Gasteiger partial charge in [-0.05, 0) is 13.3 Å². The first-order chi connectivity index (χ1) is 7.04. The van der Waals surface area contributed by atoms with Crippen molar-refractivity contribution in [3.8, 4) is 0 Å². The van der Waals surface area contributed by atoms with E-state index in [1.807, 2.05) is 13.8 Å². The van der Waals surface area contributed by atoms with E-state index in [0.717, 1.165) is 5.82 Å². The molecule has 0 radical (unpaired) electrons. The van der Waals surface area contributed by atoms with Gasteiger partial charge in [-0.1, -0.05) is 6.92 Å². The van der Waals surface area contributed by atoms with Crippen molar-refractivity contribution in [3.05, 3.63) is 11.6 Å². The lowest BCUT2D eigenvalue weighted by molar-refractivity contribution is -0.131. The molecule has 0 fully saturated rings. The summed E-state index contributed by atoms with van der Waals surface area (Å²) in [6.07, 6.45) is 0.635. The van der Waals surface area contributed by atoms with Crippen molar-refractivity contribution in [2.45, 2.75) is 32.9 Å². The van der Waals surface area contributed by atoms with Crippen molar-refractivity contribution >= 4 is 5.91 Å². The van der Waals surface area contributed by atoms with Gasteiger partial charge in [0.2, 0.25) is 5.91 Å². The molecule has 0 aliphatic carbocycles. The van der Waals surface area contributed by atoms with Crippen molar-refractivity contribution < 1.29 is 4.79 Å². The van der Waals surface area contributed by atoms with Gasteiger partial charge >= 0.3 is 0 Å². The molecule has 1 aromatic rings. The van der Waals surface area contributed by atoms with Crippen LogP contribution in [-0.2, 0) is 11.3 Å². The fourth-order valence-corrected chi connectivity index (χ4v) is 1.21. The summed E-state index contributed by atoms with van der Waals surface area (Å²) in [5.74, 6) is 1.26. The summed E-state index contributed by atoms with van der Waals surface area (Å²) in [4.78, 5) is 17.3. The number of hydrogen-bond donors (Lipinski definition) is 2. The Hall–Kier alpha value is -1.43. The van der Waals surface area contributed by atoms with Gasteiger partial charge in [-0.2, -0.15) is 5.10 Å². The summed E-state index contributed by atoms with van der Waals surface area (Å²) in [5, 5.41) is 6.68. The molecule has 6 nitrogen and oxygen atoms in total. The SMILES string of the molecule is CC[C@@H](N)C(=O)N(C)Cc1n[nH]c(C)n1. The van der Waals surface area contributed by atoms with E-state index in [9.17, 15) is 4.79 Å². The lowest BCUT2D eigenvalue weighted by Crippen LogP contribution is -2.41. The fraction of sp³-hybridized carbons (Fsp3) is 0.667. The first-order valence-corrected chi connectivity index (χ1v) is 4.93. The maximum absolute atomic E-state index is 11.6. The van der Waals surface area contributed by atoms with E-state index >= 15 is 0 Å². The number of nitrogens with two attached hydrogens (primary N) is 1. The molecule has 1 amide bonds. The van der Waals surface area contributed by atoms with Crippen molar-refractivity contribution in [1.82, 2.24) is 20.1 Å². The Morgan fingerprint density at radius 1 is 1.67 bits per heavy atom. The van der Waals surface area contributed by atoms with E-state index in [0.29, 0.717) is 18.8 Å². The van der Waals surface area contributed by atoms with Gasteiger partial charge < -0.3 is 10.6 Å². The Morgan fingerprint density at radius 3 is 2.80 bits per heavy atom. The van der Waals surface area contributed by atoms with Gasteiger partial charge in [0.15, 0.2) is 5.82 Å². The highest BCUT2D eigenvalue weighted by Gasteiger charge is 2.17. The topological polar surface area (TPSA) is 87.9 Å². The first kappa shape index (κ1) is 11.6. The number of H-pyrrole nitrogens is 1. The van der Waals surface area contributed by atoms with E-state index < -0.39 is 6.04 Å². The van der Waals surface area contributed by atoms with Crippen LogP contribution in [0.15, 0.2) is 0 Å². The van der Waals surface area contributed by atoms with Crippen LogP contribution in [0.1, 0.15) is 25.0 Å². The number of aryl methyl sites for hydroxylation is 1. The first-order valence-electron chi connectivity index (χ1n) is 4.93. The zero-order chi connectivity index (χ0) is 11.4. The second kappa shape index (κ2) is 4.88. The van der Waals surface area contributed by atoms with Gasteiger partial charge in [-0.3, -0.25) is 9.89 Å². The molecular weight excluding hydrogens is 194 g/mol. The Morgan fingerprint density at radius 2 is 2.33 bits per heavy atom. The average Bonchev–Trinajstić information content (AvgIpc) is 2.61. The molecule has 1 heterocycles. The molecule has 0 spiro atoms. The molecule has 1 aromatic heterocycles. The number of aromatic amines is 1. The van der Waals surface area contributed by atoms with Crippen LogP contribution in [-0.4, -0.2) is 39.1 Å². The molecule has 0 aromatic carbocycles. The van der Waals surface area contributed by atoms with Gasteiger partial charge in [-0.15, -0.1) is 0 Å². The largest absolute Gasteiger partial charge is 0.337 e. The smallest absolute Gasteiger partial charge is 0.239 e. The quantitative estimate of drug-likeness (QED) is 0.722. The molecule has 3 N–H and O–H groups in total. The second-order valence-electron chi connectivity index (χ2n) is 3.55. The second-order valence-corrected chi connectivity index (χ2v) is 3.55. The van der Waals surface area contributed by atoms with Crippen LogP contribution in [0.2, 0.25) is 0 Å². The van der Waals surface area contributed by atoms with Gasteiger partial charge in [0.1, 0.15) is 5.82 Å². The maximum atomic E-state index is 11.6. The van der Waals surface area contributed by atoms with E-state index in [-0.39, 0.29) is 5.91 Å². The molecule has 0 aliphatic rings. The molecule has 6 heteroatoms. The number of aromatic nitrogens is 3. The summed E-state index contributed by atoms with van der Waals surface area (Å²) >= 11 is 0. The molecule has 0 bridgehead atoms. The molecule has 0 saturated heterocycles. The lowest BCUT2D eigenvalue weighted by atomic mass is 10.2. The van der Waals surface area contributed by atoms with Crippen LogP contribution in [0.5, 0.6) is 0 Å². The zero-order valence-corrected chi connectivity index (χ0v) is 9.32. The van der Waals surface area contributed by atoms with Crippen LogP contribution in [0.25, 0.3) is 0 Å². The van der Waals surface area contributed by atoms with Crippen LogP contribution in [0.4, 0.5) is 0 Å². The van der Waals surface area contributed by atoms with Crippen LogP contribution in [0.3, 0.4) is 0 Å². The lowest BCUT2D eigenvalue weighted by Gasteiger charge is -2.18. The van der Waals surface area contributed by atoms with Crippen molar-refractivity contribution in [3.63, 3.8) is 0 Å². The monoisotopic (exact) mass is 211 g/mol. The zero-order valence-electron chi connectivity index (χ0n) is 9.32. The molecule has 15 heavy (non-hydrogen) atoms. The molecule has 84 valence electrons. The van der Waals surface area contributed by atoms with Crippen LogP contribution in [0, 0.1) is 6.92 Å². The fourth-order valence-electron chi connectivity index (χ4n) is 1.21. The predicted molar refractivity (Wildman–Crippen MR) is 55.9 cm³/mol. The van der Waals surface area contributed by atoms with Crippen molar-refractivity contribution in [2.75, 3.05) is 7.05 Å². The third-order valence-corrected chi connectivity index (χ3v) is 2.16. The normalized spacial score (nSPS) is 12.5. The van der Waals surface area contributed by atoms with Crippen molar-refractivity contribution in [2.24, 2.45) is 5.73 Å². The van der Waals surface area contributed by atoms with Crippen LogP contribution >= 0.6 is 0 Å². The predicted octanol–water partition coefficient (Wildman–Crippen LogP) is -0.191. The molecule has 1 atom stereocenters. The molecule has 1 rings (SSSR count). The number of carbonyl (C=O) groups is 1. The van der Waals surface area contributed by atoms with E-state index in [1.165, 1.54) is 4.90 Å². The highest BCUT2D eigenvalue weighted by atomic mass is 16.2. The summed E-state index contributed by atoms with van der Waals surface area (Å²) < 4.78 is 0. The minimum absolute atomic E-state index is 0.0834. The third-order valence-electron chi connectivity index (χ3n) is 2.16. The van der Waals surface area contributed by atoms with Gasteiger partial charge in [0.05, 0.1) is 12.6 Å². The molecule has 0 saturated carbocycles. The highest BCUT2D eigenvalue weighted by molar-refractivity contribution is 5.81. The number of nitrogens with one attached hydrogen (secondary N) is 1. The molecular formula is C9H17N5O. The number of likely N-dealkylation sites (N-methyl/N-ethyl adjacent to an activating group) is 1. The highest BCUT2D eigenvalue weighted by Crippen LogP contribution is 2.00. The third kappa shape index (κ3) is 3.02. The summed E-state index contributed by atoms with van der Waals surface area (Å²) in [6, 6.07) is -0.435. The molecule has 0 unspecified atom stereocenters. The van der Waals surface area contributed by atoms with Gasteiger partial charge in [0.25, 0.3) is 0 Å². The Balaban J connectivity index is 2.55. The Bertz CT molecular complexity index is 335. The number of amides is 1. The average molecular weight is 211 g/mol.